The van der Waals surface area contributed by atoms with Gasteiger partial charge in [-0.05, 0) is 49.9 Å². The summed E-state index contributed by atoms with van der Waals surface area (Å²) in [6.07, 6.45) is 3.35. The van der Waals surface area contributed by atoms with Crippen LogP contribution in [0, 0.1) is 5.92 Å². The van der Waals surface area contributed by atoms with Gasteiger partial charge in [0.05, 0.1) is 5.69 Å². The van der Waals surface area contributed by atoms with Gasteiger partial charge in [0.2, 0.25) is 0 Å². The van der Waals surface area contributed by atoms with Crippen LogP contribution in [0.1, 0.15) is 32.9 Å². The predicted molar refractivity (Wildman–Crippen MR) is 91.6 cm³/mol. The number of thioether (sulfide) groups is 1. The highest BCUT2D eigenvalue weighted by atomic mass is 32.2. The fourth-order valence-electron chi connectivity index (χ4n) is 1.96. The van der Waals surface area contributed by atoms with Crippen molar-refractivity contribution in [3.05, 3.63) is 23.9 Å². The standard InChI is InChI=1S/C16H29N3S/c1-13(2)11-17-12-15-7-6-8-16(18-15)19(4)14(3)9-10-20-5/h6-8,13-14,17H,9-12H2,1-5H3. The van der Waals surface area contributed by atoms with Crippen molar-refractivity contribution >= 4 is 17.6 Å². The summed E-state index contributed by atoms with van der Waals surface area (Å²) in [5, 5.41) is 3.45. The highest BCUT2D eigenvalue weighted by Gasteiger charge is 2.11. The van der Waals surface area contributed by atoms with Gasteiger partial charge in [-0.25, -0.2) is 4.98 Å². The molecule has 4 heteroatoms. The second-order valence-corrected chi connectivity index (χ2v) is 6.74. The van der Waals surface area contributed by atoms with Gasteiger partial charge < -0.3 is 10.2 Å². The van der Waals surface area contributed by atoms with E-state index in [1.165, 1.54) is 12.2 Å². The molecule has 20 heavy (non-hydrogen) atoms. The molecule has 0 saturated heterocycles. The molecule has 0 amide bonds. The van der Waals surface area contributed by atoms with Gasteiger partial charge in [-0.3, -0.25) is 0 Å². The molecule has 3 nitrogen and oxygen atoms in total. The molecule has 0 radical (unpaired) electrons. The van der Waals surface area contributed by atoms with Crippen LogP contribution >= 0.6 is 11.8 Å². The Hall–Kier alpha value is -0.740. The molecule has 0 saturated carbocycles. The smallest absolute Gasteiger partial charge is 0.128 e. The zero-order chi connectivity index (χ0) is 15.0. The first-order valence-corrected chi connectivity index (χ1v) is 8.82. The molecule has 1 heterocycles. The number of nitrogens with one attached hydrogen (secondary N) is 1. The third-order valence-electron chi connectivity index (χ3n) is 3.41. The van der Waals surface area contributed by atoms with Crippen LogP contribution in [-0.2, 0) is 6.54 Å². The number of hydrogen-bond acceptors (Lipinski definition) is 4. The number of pyridine rings is 1. The van der Waals surface area contributed by atoms with Crippen LogP contribution in [0.3, 0.4) is 0 Å². The molecular formula is C16H29N3S. The number of anilines is 1. The van der Waals surface area contributed by atoms with Crippen molar-refractivity contribution in [1.29, 1.82) is 0 Å². The van der Waals surface area contributed by atoms with Gasteiger partial charge >= 0.3 is 0 Å². The highest BCUT2D eigenvalue weighted by Crippen LogP contribution is 2.15. The Morgan fingerprint density at radius 2 is 2.05 bits per heavy atom. The lowest BCUT2D eigenvalue weighted by Gasteiger charge is -2.26. The molecule has 1 unspecified atom stereocenters. The monoisotopic (exact) mass is 295 g/mol. The lowest BCUT2D eigenvalue weighted by molar-refractivity contribution is 0.547. The molecule has 114 valence electrons. The summed E-state index contributed by atoms with van der Waals surface area (Å²) in [5.74, 6) is 2.94. The van der Waals surface area contributed by atoms with E-state index in [-0.39, 0.29) is 0 Å². The molecule has 0 aromatic carbocycles. The molecule has 0 aliphatic heterocycles. The molecule has 1 aromatic heterocycles. The Morgan fingerprint density at radius 3 is 2.70 bits per heavy atom. The van der Waals surface area contributed by atoms with E-state index < -0.39 is 0 Å². The van der Waals surface area contributed by atoms with Crippen LogP contribution < -0.4 is 10.2 Å². The van der Waals surface area contributed by atoms with Crippen LogP contribution in [0.4, 0.5) is 5.82 Å². The zero-order valence-corrected chi connectivity index (χ0v) is 14.3. The average molecular weight is 295 g/mol. The maximum atomic E-state index is 4.76. The molecule has 0 aliphatic carbocycles. The van der Waals surface area contributed by atoms with E-state index in [0.717, 1.165) is 24.6 Å². The van der Waals surface area contributed by atoms with E-state index in [1.54, 1.807) is 0 Å². The van der Waals surface area contributed by atoms with Crippen LogP contribution in [0.15, 0.2) is 18.2 Å². The Kier molecular flexibility index (Phi) is 8.00. The van der Waals surface area contributed by atoms with E-state index in [4.69, 9.17) is 4.98 Å². The maximum absolute atomic E-state index is 4.76. The molecule has 0 fully saturated rings. The quantitative estimate of drug-likeness (QED) is 0.756. The molecule has 0 spiro atoms. The second-order valence-electron chi connectivity index (χ2n) is 5.75. The first-order valence-electron chi connectivity index (χ1n) is 7.43. The zero-order valence-electron chi connectivity index (χ0n) is 13.5. The van der Waals surface area contributed by atoms with Crippen molar-refractivity contribution in [1.82, 2.24) is 10.3 Å². The summed E-state index contributed by atoms with van der Waals surface area (Å²) in [7, 11) is 2.14. The molecule has 1 N–H and O–H groups in total. The van der Waals surface area contributed by atoms with Gasteiger partial charge in [0, 0.05) is 19.6 Å². The number of hydrogen-bond donors (Lipinski definition) is 1. The highest BCUT2D eigenvalue weighted by molar-refractivity contribution is 7.98. The lowest BCUT2D eigenvalue weighted by atomic mass is 10.2. The maximum Gasteiger partial charge on any atom is 0.128 e. The third-order valence-corrected chi connectivity index (χ3v) is 4.06. The predicted octanol–water partition coefficient (Wildman–Crippen LogP) is 3.41. The number of aromatic nitrogens is 1. The van der Waals surface area contributed by atoms with E-state index in [1.807, 2.05) is 11.8 Å². The van der Waals surface area contributed by atoms with Crippen LogP contribution in [-0.4, -0.2) is 36.6 Å². The van der Waals surface area contributed by atoms with Gasteiger partial charge in [-0.1, -0.05) is 19.9 Å². The fourth-order valence-corrected chi connectivity index (χ4v) is 2.54. The number of rotatable bonds is 9. The summed E-state index contributed by atoms with van der Waals surface area (Å²) < 4.78 is 0. The van der Waals surface area contributed by atoms with Crippen molar-refractivity contribution < 1.29 is 0 Å². The third kappa shape index (κ3) is 6.14. The van der Waals surface area contributed by atoms with Gasteiger partial charge in [-0.2, -0.15) is 11.8 Å². The molecule has 1 atom stereocenters. The summed E-state index contributed by atoms with van der Waals surface area (Å²) in [6.45, 7) is 8.59. The first-order chi connectivity index (χ1) is 9.54. The minimum absolute atomic E-state index is 0.522. The molecule has 1 rings (SSSR count). The van der Waals surface area contributed by atoms with Gasteiger partial charge in [0.15, 0.2) is 0 Å². The van der Waals surface area contributed by atoms with E-state index >= 15 is 0 Å². The molecular weight excluding hydrogens is 266 g/mol. The van der Waals surface area contributed by atoms with Crippen LogP contribution in [0.5, 0.6) is 0 Å². The largest absolute Gasteiger partial charge is 0.357 e. The topological polar surface area (TPSA) is 28.2 Å². The second kappa shape index (κ2) is 9.24. The summed E-state index contributed by atoms with van der Waals surface area (Å²) in [6, 6.07) is 6.82. The SMILES string of the molecule is CSCCC(C)N(C)c1cccc(CNCC(C)C)n1. The Morgan fingerprint density at radius 1 is 1.30 bits per heavy atom. The minimum Gasteiger partial charge on any atom is -0.357 e. The summed E-state index contributed by atoms with van der Waals surface area (Å²) in [4.78, 5) is 7.04. The van der Waals surface area contributed by atoms with E-state index in [2.05, 4.69) is 62.5 Å². The van der Waals surface area contributed by atoms with Crippen molar-refractivity contribution in [2.75, 3.05) is 30.5 Å². The van der Waals surface area contributed by atoms with Crippen molar-refractivity contribution in [3.8, 4) is 0 Å². The van der Waals surface area contributed by atoms with Crippen molar-refractivity contribution in [2.45, 2.75) is 39.8 Å². The normalized spacial score (nSPS) is 12.7. The molecule has 1 aromatic rings. The Bertz CT molecular complexity index is 382. The summed E-state index contributed by atoms with van der Waals surface area (Å²) in [5.41, 5.74) is 1.12. The van der Waals surface area contributed by atoms with E-state index in [0.29, 0.717) is 12.0 Å². The molecule has 0 aliphatic rings. The first kappa shape index (κ1) is 17.3. The van der Waals surface area contributed by atoms with Crippen LogP contribution in [0.25, 0.3) is 0 Å². The average Bonchev–Trinajstić information content (AvgIpc) is 2.44. The van der Waals surface area contributed by atoms with Crippen LogP contribution in [0.2, 0.25) is 0 Å². The molecule has 0 bridgehead atoms. The van der Waals surface area contributed by atoms with Gasteiger partial charge in [0.1, 0.15) is 5.82 Å². The van der Waals surface area contributed by atoms with Crippen molar-refractivity contribution in [2.24, 2.45) is 5.92 Å². The van der Waals surface area contributed by atoms with Gasteiger partial charge in [-0.15, -0.1) is 0 Å². The van der Waals surface area contributed by atoms with Gasteiger partial charge in [0.25, 0.3) is 0 Å². The van der Waals surface area contributed by atoms with E-state index in [9.17, 15) is 0 Å². The fraction of sp³-hybridized carbons (Fsp3) is 0.688. The summed E-state index contributed by atoms with van der Waals surface area (Å²) >= 11 is 1.90. The van der Waals surface area contributed by atoms with Crippen molar-refractivity contribution in [3.63, 3.8) is 0 Å². The Labute approximate surface area is 128 Å². The minimum atomic E-state index is 0.522. The lowest BCUT2D eigenvalue weighted by Crippen LogP contribution is -2.30. The number of nitrogens with zero attached hydrogens (tertiary/aromatic N) is 2. The Balaban J connectivity index is 2.57.